The van der Waals surface area contributed by atoms with Gasteiger partial charge in [-0.2, -0.15) is 0 Å². The number of methoxy groups -OCH3 is 1. The first kappa shape index (κ1) is 30.5. The quantitative estimate of drug-likeness (QED) is 0.163. The Morgan fingerprint density at radius 1 is 1.03 bits per heavy atom. The Bertz CT molecular complexity index is 774. The highest BCUT2D eigenvalue weighted by Gasteiger charge is 2.53. The molecule has 1 fully saturated rings. The Morgan fingerprint density at radius 2 is 1.69 bits per heavy atom. The maximum atomic E-state index is 13.0. The highest BCUT2D eigenvalue weighted by atomic mass is 16.5. The predicted molar refractivity (Wildman–Crippen MR) is 131 cm³/mol. The molecule has 11 nitrogen and oxygen atoms in total. The van der Waals surface area contributed by atoms with Gasteiger partial charge >= 0.3 is 5.97 Å². The van der Waals surface area contributed by atoms with Crippen molar-refractivity contribution in [1.82, 2.24) is 16.0 Å². The SMILES string of the molecule is COC(=O)C1(NC(=O)[C@H](C)NC(=O)[C@H](CCCCN)NC(=O)[C@@H](N)CC(C)C)CCCC1C(C)=O. The van der Waals surface area contributed by atoms with Gasteiger partial charge in [-0.05, 0) is 71.3 Å². The van der Waals surface area contributed by atoms with Gasteiger partial charge < -0.3 is 32.2 Å². The van der Waals surface area contributed by atoms with E-state index in [1.54, 1.807) is 0 Å². The number of amides is 3. The number of Topliss-reactive ketones (excluding diaryl/α,β-unsaturated/α-hetero) is 1. The lowest BCUT2D eigenvalue weighted by atomic mass is 9.84. The van der Waals surface area contributed by atoms with E-state index in [9.17, 15) is 24.0 Å². The number of nitrogens with two attached hydrogens (primary N) is 2. The summed E-state index contributed by atoms with van der Waals surface area (Å²) in [5.74, 6) is -3.01. The zero-order valence-corrected chi connectivity index (χ0v) is 21.6. The number of hydrogen-bond acceptors (Lipinski definition) is 8. The van der Waals surface area contributed by atoms with Crippen molar-refractivity contribution in [3.05, 3.63) is 0 Å². The molecule has 1 aliphatic rings. The molecule has 1 saturated carbocycles. The topological polar surface area (TPSA) is 183 Å². The summed E-state index contributed by atoms with van der Waals surface area (Å²) in [6, 6.07) is -2.68. The third-order valence-corrected chi connectivity index (χ3v) is 6.44. The summed E-state index contributed by atoms with van der Waals surface area (Å²) in [6.45, 7) is 7.19. The Hall–Kier alpha value is -2.53. The molecule has 5 atom stereocenters. The number of hydrogen-bond donors (Lipinski definition) is 5. The second-order valence-corrected chi connectivity index (χ2v) is 9.82. The first-order valence-corrected chi connectivity index (χ1v) is 12.4. The molecule has 200 valence electrons. The van der Waals surface area contributed by atoms with Gasteiger partial charge in [-0.1, -0.05) is 13.8 Å². The van der Waals surface area contributed by atoms with Crippen molar-refractivity contribution in [1.29, 1.82) is 0 Å². The molecule has 0 radical (unpaired) electrons. The van der Waals surface area contributed by atoms with Crippen LogP contribution in [0.3, 0.4) is 0 Å². The molecule has 0 saturated heterocycles. The molecule has 3 amide bonds. The van der Waals surface area contributed by atoms with E-state index in [-0.39, 0.29) is 18.1 Å². The molecular formula is C24H43N5O6. The molecule has 0 spiro atoms. The Morgan fingerprint density at radius 3 is 2.23 bits per heavy atom. The molecule has 0 bridgehead atoms. The minimum absolute atomic E-state index is 0.209. The highest BCUT2D eigenvalue weighted by molar-refractivity contribution is 5.97. The van der Waals surface area contributed by atoms with E-state index in [1.807, 2.05) is 13.8 Å². The van der Waals surface area contributed by atoms with Crippen LogP contribution in [0.4, 0.5) is 0 Å². The van der Waals surface area contributed by atoms with Crippen LogP contribution < -0.4 is 27.4 Å². The van der Waals surface area contributed by atoms with Crippen molar-refractivity contribution in [2.45, 2.75) is 96.3 Å². The lowest BCUT2D eigenvalue weighted by Gasteiger charge is -2.33. The number of carbonyl (C=O) groups excluding carboxylic acids is 5. The molecule has 2 unspecified atom stereocenters. The number of ether oxygens (including phenoxy) is 1. The number of carbonyl (C=O) groups is 5. The van der Waals surface area contributed by atoms with E-state index in [4.69, 9.17) is 16.2 Å². The maximum absolute atomic E-state index is 13.0. The monoisotopic (exact) mass is 497 g/mol. The average molecular weight is 498 g/mol. The summed E-state index contributed by atoms with van der Waals surface area (Å²) in [5.41, 5.74) is 10.0. The summed E-state index contributed by atoms with van der Waals surface area (Å²) < 4.78 is 4.90. The van der Waals surface area contributed by atoms with Crippen LogP contribution in [0, 0.1) is 11.8 Å². The van der Waals surface area contributed by atoms with Gasteiger partial charge in [-0.3, -0.25) is 19.2 Å². The van der Waals surface area contributed by atoms with Crippen LogP contribution in [0.5, 0.6) is 0 Å². The fourth-order valence-electron chi connectivity index (χ4n) is 4.55. The van der Waals surface area contributed by atoms with E-state index in [2.05, 4.69) is 16.0 Å². The molecule has 1 aliphatic carbocycles. The van der Waals surface area contributed by atoms with Crippen molar-refractivity contribution in [2.75, 3.05) is 13.7 Å². The summed E-state index contributed by atoms with van der Waals surface area (Å²) in [7, 11) is 1.20. The van der Waals surface area contributed by atoms with Gasteiger partial charge in [0, 0.05) is 0 Å². The van der Waals surface area contributed by atoms with Crippen molar-refractivity contribution < 1.29 is 28.7 Å². The Labute approximate surface area is 207 Å². The summed E-state index contributed by atoms with van der Waals surface area (Å²) in [6.07, 6.45) is 3.36. The minimum atomic E-state index is -1.46. The van der Waals surface area contributed by atoms with Crippen LogP contribution in [-0.4, -0.2) is 66.8 Å². The maximum Gasteiger partial charge on any atom is 0.332 e. The molecule has 0 heterocycles. The van der Waals surface area contributed by atoms with Crippen LogP contribution >= 0.6 is 0 Å². The number of rotatable bonds is 14. The standard InChI is InChI=1S/C24H43N5O6/c1-14(2)13-18(26)21(32)28-19(10-6-7-12-25)22(33)27-15(3)20(31)29-24(23(34)35-5)11-8-9-17(24)16(4)30/h14-15,17-19H,6-13,25-26H2,1-5H3,(H,27,33)(H,28,32)(H,29,31)/t15-,17?,18-,19-,24?/m0/s1. The van der Waals surface area contributed by atoms with Crippen LogP contribution in [0.1, 0.15) is 72.6 Å². The van der Waals surface area contributed by atoms with Crippen LogP contribution in [0.2, 0.25) is 0 Å². The summed E-state index contributed by atoms with van der Waals surface area (Å²) in [4.78, 5) is 63.3. The second kappa shape index (κ2) is 14.1. The molecule has 0 aromatic carbocycles. The van der Waals surface area contributed by atoms with Crippen LogP contribution in [0.15, 0.2) is 0 Å². The smallest absolute Gasteiger partial charge is 0.332 e. The lowest BCUT2D eigenvalue weighted by Crippen LogP contribution is -2.63. The van der Waals surface area contributed by atoms with E-state index in [0.29, 0.717) is 45.1 Å². The zero-order valence-electron chi connectivity index (χ0n) is 21.6. The second-order valence-electron chi connectivity index (χ2n) is 9.82. The van der Waals surface area contributed by atoms with Gasteiger partial charge in [0.2, 0.25) is 17.7 Å². The molecule has 1 rings (SSSR count). The van der Waals surface area contributed by atoms with Crippen molar-refractivity contribution >= 4 is 29.5 Å². The largest absolute Gasteiger partial charge is 0.467 e. The zero-order chi connectivity index (χ0) is 26.8. The van der Waals surface area contributed by atoms with Gasteiger partial charge in [0.15, 0.2) is 0 Å². The van der Waals surface area contributed by atoms with Crippen molar-refractivity contribution in [2.24, 2.45) is 23.3 Å². The predicted octanol–water partition coefficient (Wildman–Crippen LogP) is -0.105. The van der Waals surface area contributed by atoms with Crippen LogP contribution in [0.25, 0.3) is 0 Å². The lowest BCUT2D eigenvalue weighted by molar-refractivity contribution is -0.155. The summed E-state index contributed by atoms with van der Waals surface area (Å²) in [5, 5.41) is 7.98. The molecule has 0 aromatic rings. The molecule has 35 heavy (non-hydrogen) atoms. The summed E-state index contributed by atoms with van der Waals surface area (Å²) >= 11 is 0. The fraction of sp³-hybridized carbons (Fsp3) is 0.792. The first-order valence-electron chi connectivity index (χ1n) is 12.4. The highest BCUT2D eigenvalue weighted by Crippen LogP contribution is 2.37. The van der Waals surface area contributed by atoms with Gasteiger partial charge in [0.1, 0.15) is 23.4 Å². The first-order chi connectivity index (χ1) is 16.4. The van der Waals surface area contributed by atoms with Gasteiger partial charge in [0.05, 0.1) is 19.1 Å². The van der Waals surface area contributed by atoms with Gasteiger partial charge in [-0.25, -0.2) is 4.79 Å². The number of ketones is 1. The fourth-order valence-corrected chi connectivity index (χ4v) is 4.55. The molecule has 0 aliphatic heterocycles. The third kappa shape index (κ3) is 8.57. The normalized spacial score (nSPS) is 22.1. The van der Waals surface area contributed by atoms with E-state index in [0.717, 1.165) is 0 Å². The molecule has 11 heteroatoms. The van der Waals surface area contributed by atoms with Gasteiger partial charge in [-0.15, -0.1) is 0 Å². The third-order valence-electron chi connectivity index (χ3n) is 6.44. The Kier molecular flexibility index (Phi) is 12.3. The van der Waals surface area contributed by atoms with E-state index in [1.165, 1.54) is 21.0 Å². The number of esters is 1. The molecule has 0 aromatic heterocycles. The van der Waals surface area contributed by atoms with E-state index < -0.39 is 53.3 Å². The minimum Gasteiger partial charge on any atom is -0.467 e. The molecule has 7 N–H and O–H groups in total. The van der Waals surface area contributed by atoms with Gasteiger partial charge in [0.25, 0.3) is 0 Å². The molecular weight excluding hydrogens is 454 g/mol. The number of unbranched alkanes of at least 4 members (excludes halogenated alkanes) is 1. The Balaban J connectivity index is 2.93. The van der Waals surface area contributed by atoms with E-state index >= 15 is 0 Å². The van der Waals surface area contributed by atoms with Crippen molar-refractivity contribution in [3.63, 3.8) is 0 Å². The number of nitrogens with one attached hydrogen (secondary N) is 3. The van der Waals surface area contributed by atoms with Crippen molar-refractivity contribution in [3.8, 4) is 0 Å². The van der Waals surface area contributed by atoms with Crippen LogP contribution in [-0.2, 0) is 28.7 Å². The average Bonchev–Trinajstić information content (AvgIpc) is 3.22.